The third-order valence-corrected chi connectivity index (χ3v) is 1.18. The summed E-state index contributed by atoms with van der Waals surface area (Å²) in [6, 6.07) is 3.38. The average molecular weight is 138 g/mol. The van der Waals surface area contributed by atoms with Crippen LogP contribution in [-0.4, -0.2) is 12.1 Å². The highest BCUT2D eigenvalue weighted by atomic mass is 16.5. The van der Waals surface area contributed by atoms with Crippen LogP contribution in [0.25, 0.3) is 0 Å². The fourth-order valence-electron chi connectivity index (χ4n) is 0.617. The largest absolute Gasteiger partial charge is 0.495 e. The van der Waals surface area contributed by atoms with Crippen LogP contribution in [-0.2, 0) is 11.7 Å². The van der Waals surface area contributed by atoms with E-state index in [4.69, 9.17) is 4.74 Å². The molecule has 0 saturated carbocycles. The van der Waals surface area contributed by atoms with E-state index in [0.29, 0.717) is 11.4 Å². The van der Waals surface area contributed by atoms with Gasteiger partial charge < -0.3 is 4.74 Å². The zero-order chi connectivity index (χ0) is 7.40. The number of pyridine rings is 1. The lowest BCUT2D eigenvalue weighted by Gasteiger charge is -1.97. The molecule has 1 heterocycles. The predicted molar refractivity (Wildman–Crippen MR) is 35.2 cm³/mol. The molecule has 0 aromatic carbocycles. The second-order valence-corrected chi connectivity index (χ2v) is 1.83. The maximum absolute atomic E-state index is 10.2. The lowest BCUT2D eigenvalue weighted by atomic mass is 10.3. The van der Waals surface area contributed by atoms with E-state index in [9.17, 15) is 5.11 Å². The normalized spacial score (nSPS) is 9.40. The molecule has 3 nitrogen and oxygen atoms in total. The third-order valence-electron chi connectivity index (χ3n) is 1.18. The highest BCUT2D eigenvalue weighted by Gasteiger charge is 1.92. The van der Waals surface area contributed by atoms with Gasteiger partial charge in [-0.2, -0.15) is 0 Å². The molecule has 0 aliphatic rings. The Labute approximate surface area is 59.3 Å². The van der Waals surface area contributed by atoms with Crippen LogP contribution in [0.15, 0.2) is 18.3 Å². The quantitative estimate of drug-likeness (QED) is 0.612. The van der Waals surface area contributed by atoms with Gasteiger partial charge in [0.15, 0.2) is 0 Å². The van der Waals surface area contributed by atoms with Crippen LogP contribution in [0.1, 0.15) is 5.69 Å². The van der Waals surface area contributed by atoms with Gasteiger partial charge in [-0.05, 0) is 12.1 Å². The van der Waals surface area contributed by atoms with E-state index >= 15 is 0 Å². The Hall–Kier alpha value is -1.09. The van der Waals surface area contributed by atoms with Gasteiger partial charge in [0.25, 0.3) is 0 Å². The second-order valence-electron chi connectivity index (χ2n) is 1.83. The van der Waals surface area contributed by atoms with Gasteiger partial charge in [0, 0.05) is 0 Å². The molecule has 0 aliphatic heterocycles. The van der Waals surface area contributed by atoms with Gasteiger partial charge in [-0.15, -0.1) is 0 Å². The van der Waals surface area contributed by atoms with Crippen LogP contribution in [0.5, 0.6) is 5.75 Å². The fraction of sp³-hybridized carbons (Fsp3) is 0.286. The Balaban J connectivity index is 2.80. The molecule has 0 bridgehead atoms. The first-order chi connectivity index (χ1) is 4.86. The standard InChI is InChI=1S/C7H8NO2/c1-10-7-3-2-6(5-9)8-4-7/h2-4H,5H2,1H3. The van der Waals surface area contributed by atoms with Crippen LogP contribution in [0, 0.1) is 0 Å². The minimum absolute atomic E-state index is 0.274. The van der Waals surface area contributed by atoms with E-state index < -0.39 is 0 Å². The maximum Gasteiger partial charge on any atom is 0.137 e. The first kappa shape index (κ1) is 7.02. The van der Waals surface area contributed by atoms with Crippen molar-refractivity contribution in [1.29, 1.82) is 0 Å². The van der Waals surface area contributed by atoms with E-state index in [1.165, 1.54) is 6.20 Å². The predicted octanol–water partition coefficient (Wildman–Crippen LogP) is 1.02. The van der Waals surface area contributed by atoms with E-state index in [0.717, 1.165) is 0 Å². The summed E-state index contributed by atoms with van der Waals surface area (Å²) in [5, 5.41) is 10.2. The average Bonchev–Trinajstić information content (AvgIpc) is 2.05. The summed E-state index contributed by atoms with van der Waals surface area (Å²) in [4.78, 5) is 3.83. The Kier molecular flexibility index (Phi) is 2.23. The molecular formula is C7H8NO2. The Morgan fingerprint density at radius 2 is 2.40 bits per heavy atom. The summed E-state index contributed by atoms with van der Waals surface area (Å²) in [5.41, 5.74) is 0.542. The van der Waals surface area contributed by atoms with E-state index in [1.807, 2.05) is 0 Å². The minimum Gasteiger partial charge on any atom is -0.495 e. The molecule has 0 unspecified atom stereocenters. The van der Waals surface area contributed by atoms with Gasteiger partial charge in [-0.25, -0.2) is 5.11 Å². The molecule has 1 aromatic heterocycles. The number of aromatic nitrogens is 1. The van der Waals surface area contributed by atoms with Gasteiger partial charge in [0.05, 0.1) is 19.0 Å². The van der Waals surface area contributed by atoms with Crippen molar-refractivity contribution in [2.24, 2.45) is 0 Å². The first-order valence-corrected chi connectivity index (χ1v) is 2.94. The number of hydrogen-bond donors (Lipinski definition) is 0. The smallest absolute Gasteiger partial charge is 0.137 e. The van der Waals surface area contributed by atoms with Crippen molar-refractivity contribution in [1.82, 2.24) is 4.98 Å². The second kappa shape index (κ2) is 3.17. The molecule has 1 aromatic rings. The molecule has 0 N–H and O–H groups in total. The number of rotatable bonds is 2. The van der Waals surface area contributed by atoms with Gasteiger partial charge in [0.2, 0.25) is 0 Å². The first-order valence-electron chi connectivity index (χ1n) is 2.94. The molecule has 0 atom stereocenters. The van der Waals surface area contributed by atoms with Crippen molar-refractivity contribution in [2.45, 2.75) is 6.61 Å². The summed E-state index contributed by atoms with van der Waals surface area (Å²) in [5.74, 6) is 0.678. The van der Waals surface area contributed by atoms with E-state index in [1.54, 1.807) is 19.2 Å². The van der Waals surface area contributed by atoms with E-state index in [2.05, 4.69) is 4.98 Å². The SMILES string of the molecule is COc1ccc(C[O])nc1. The molecule has 0 spiro atoms. The molecule has 10 heavy (non-hydrogen) atoms. The Morgan fingerprint density at radius 3 is 2.80 bits per heavy atom. The van der Waals surface area contributed by atoms with Crippen molar-refractivity contribution >= 4 is 0 Å². The van der Waals surface area contributed by atoms with Crippen LogP contribution in [0.3, 0.4) is 0 Å². The summed E-state index contributed by atoms with van der Waals surface area (Å²) < 4.78 is 4.85. The number of ether oxygens (including phenoxy) is 1. The van der Waals surface area contributed by atoms with Crippen LogP contribution in [0.4, 0.5) is 0 Å². The highest BCUT2D eigenvalue weighted by Crippen LogP contribution is 2.07. The van der Waals surface area contributed by atoms with Crippen molar-refractivity contribution < 1.29 is 9.84 Å². The van der Waals surface area contributed by atoms with Gasteiger partial charge in [0.1, 0.15) is 12.4 Å². The van der Waals surface area contributed by atoms with Gasteiger partial charge >= 0.3 is 0 Å². The molecule has 1 rings (SSSR count). The van der Waals surface area contributed by atoms with Crippen LogP contribution < -0.4 is 4.74 Å². The number of hydrogen-bond acceptors (Lipinski definition) is 2. The lowest BCUT2D eigenvalue weighted by molar-refractivity contribution is 0.174. The van der Waals surface area contributed by atoms with Gasteiger partial charge in [-0.1, -0.05) is 0 Å². The lowest BCUT2D eigenvalue weighted by Crippen LogP contribution is -1.88. The number of nitrogens with zero attached hydrogens (tertiary/aromatic N) is 1. The van der Waals surface area contributed by atoms with Gasteiger partial charge in [-0.3, -0.25) is 4.98 Å². The number of methoxy groups -OCH3 is 1. The zero-order valence-electron chi connectivity index (χ0n) is 5.70. The molecule has 0 amide bonds. The van der Waals surface area contributed by atoms with Crippen LogP contribution >= 0.6 is 0 Å². The molecule has 0 aliphatic carbocycles. The zero-order valence-corrected chi connectivity index (χ0v) is 5.70. The fourth-order valence-corrected chi connectivity index (χ4v) is 0.617. The topological polar surface area (TPSA) is 42.0 Å². The minimum atomic E-state index is -0.274. The maximum atomic E-state index is 10.2. The van der Waals surface area contributed by atoms with Crippen LogP contribution in [0.2, 0.25) is 0 Å². The van der Waals surface area contributed by atoms with Crippen molar-refractivity contribution in [2.75, 3.05) is 7.11 Å². The van der Waals surface area contributed by atoms with Crippen molar-refractivity contribution in [3.63, 3.8) is 0 Å². The Morgan fingerprint density at radius 1 is 1.60 bits per heavy atom. The highest BCUT2D eigenvalue weighted by molar-refractivity contribution is 5.18. The summed E-state index contributed by atoms with van der Waals surface area (Å²) in [6.07, 6.45) is 1.53. The summed E-state index contributed by atoms with van der Waals surface area (Å²) >= 11 is 0. The molecular weight excluding hydrogens is 130 g/mol. The summed E-state index contributed by atoms with van der Waals surface area (Å²) in [6.45, 7) is -0.274. The molecule has 3 heteroatoms. The third kappa shape index (κ3) is 1.45. The van der Waals surface area contributed by atoms with Crippen molar-refractivity contribution in [3.05, 3.63) is 24.0 Å². The Bertz CT molecular complexity index is 172. The van der Waals surface area contributed by atoms with Crippen molar-refractivity contribution in [3.8, 4) is 5.75 Å². The summed E-state index contributed by atoms with van der Waals surface area (Å²) in [7, 11) is 1.56. The monoisotopic (exact) mass is 138 g/mol. The van der Waals surface area contributed by atoms with E-state index in [-0.39, 0.29) is 6.61 Å². The molecule has 0 saturated heterocycles. The molecule has 53 valence electrons. The molecule has 0 fully saturated rings. The molecule has 1 radical (unpaired) electrons.